The zero-order valence-electron chi connectivity index (χ0n) is 14.2. The molecule has 0 spiro atoms. The third kappa shape index (κ3) is 4.07. The van der Waals surface area contributed by atoms with Crippen molar-refractivity contribution in [3.05, 3.63) is 94.5 Å². The highest BCUT2D eigenvalue weighted by atomic mass is 35.5. The smallest absolute Gasteiger partial charge is 0.276 e. The fraction of sp³-hybridized carbons (Fsp3) is 0.0500. The van der Waals surface area contributed by atoms with Gasteiger partial charge in [0.25, 0.3) is 5.91 Å². The Morgan fingerprint density at radius 2 is 1.85 bits per heavy atom. The van der Waals surface area contributed by atoms with Gasteiger partial charge in [0.1, 0.15) is 5.69 Å². The predicted octanol–water partition coefficient (Wildman–Crippen LogP) is 4.83. The zero-order chi connectivity index (χ0) is 18.6. The average Bonchev–Trinajstić information content (AvgIpc) is 3.34. The van der Waals surface area contributed by atoms with E-state index in [0.717, 1.165) is 22.5 Å². The summed E-state index contributed by atoms with van der Waals surface area (Å²) < 4.78 is 1.75. The van der Waals surface area contributed by atoms with Crippen molar-refractivity contribution in [1.82, 2.24) is 14.5 Å². The lowest BCUT2D eigenvalue weighted by atomic mass is 10.1. The summed E-state index contributed by atoms with van der Waals surface area (Å²) in [4.78, 5) is 22.1. The molecule has 0 atom stereocenters. The summed E-state index contributed by atoms with van der Waals surface area (Å²) in [5.74, 6) is -0.247. The summed E-state index contributed by atoms with van der Waals surface area (Å²) >= 11 is 7.37. The Kier molecular flexibility index (Phi) is 5.00. The van der Waals surface area contributed by atoms with E-state index in [1.807, 2.05) is 54.6 Å². The van der Waals surface area contributed by atoms with Crippen LogP contribution in [-0.2, 0) is 6.42 Å². The number of aromatic nitrogens is 3. The summed E-state index contributed by atoms with van der Waals surface area (Å²) in [6.07, 6.45) is 5.69. The fourth-order valence-electron chi connectivity index (χ4n) is 2.67. The van der Waals surface area contributed by atoms with E-state index in [-0.39, 0.29) is 5.91 Å². The van der Waals surface area contributed by atoms with Crippen molar-refractivity contribution in [2.45, 2.75) is 6.42 Å². The lowest BCUT2D eigenvalue weighted by Crippen LogP contribution is -2.15. The summed E-state index contributed by atoms with van der Waals surface area (Å²) in [5, 5.41) is 4.13. The zero-order valence-corrected chi connectivity index (χ0v) is 15.7. The number of anilines is 1. The molecule has 0 saturated heterocycles. The number of thiazole rings is 1. The Bertz CT molecular complexity index is 1060. The van der Waals surface area contributed by atoms with Gasteiger partial charge in [-0.15, -0.1) is 11.3 Å². The van der Waals surface area contributed by atoms with Crippen LogP contribution in [-0.4, -0.2) is 20.4 Å². The van der Waals surface area contributed by atoms with Crippen LogP contribution in [0, 0.1) is 0 Å². The van der Waals surface area contributed by atoms with Crippen LogP contribution in [0.5, 0.6) is 0 Å². The lowest BCUT2D eigenvalue weighted by Gasteiger charge is -2.07. The quantitative estimate of drug-likeness (QED) is 0.527. The minimum absolute atomic E-state index is 0.247. The standard InChI is InChI=1S/C20H15ClN4OS/c21-15-8-6-14(7-9-15)10-17-11-23-20(27-17)24-19(26)18-12-22-13-25(18)16-4-2-1-3-5-16/h1-9,11-13H,10H2,(H,23,24,26). The maximum Gasteiger partial charge on any atom is 0.276 e. The van der Waals surface area contributed by atoms with Gasteiger partial charge in [-0.1, -0.05) is 41.9 Å². The van der Waals surface area contributed by atoms with Crippen molar-refractivity contribution >= 4 is 34.0 Å². The molecule has 0 aliphatic carbocycles. The van der Waals surface area contributed by atoms with Gasteiger partial charge in [-0.3, -0.25) is 14.7 Å². The molecule has 1 N–H and O–H groups in total. The lowest BCUT2D eigenvalue weighted by molar-refractivity contribution is 0.102. The molecule has 0 aliphatic heterocycles. The minimum Gasteiger partial charge on any atom is -0.296 e. The van der Waals surface area contributed by atoms with E-state index in [2.05, 4.69) is 15.3 Å². The number of benzene rings is 2. The van der Waals surface area contributed by atoms with Gasteiger partial charge in [-0.2, -0.15) is 0 Å². The van der Waals surface area contributed by atoms with Crippen LogP contribution in [0.1, 0.15) is 20.9 Å². The first-order valence-corrected chi connectivity index (χ1v) is 9.47. The van der Waals surface area contributed by atoms with Crippen LogP contribution in [0.2, 0.25) is 5.02 Å². The highest BCUT2D eigenvalue weighted by Gasteiger charge is 2.15. The molecule has 4 aromatic rings. The molecule has 0 unspecified atom stereocenters. The molecule has 27 heavy (non-hydrogen) atoms. The normalized spacial score (nSPS) is 10.7. The number of nitrogens with zero attached hydrogens (tertiary/aromatic N) is 3. The number of imidazole rings is 1. The second-order valence-corrected chi connectivity index (χ2v) is 7.43. The van der Waals surface area contributed by atoms with Crippen LogP contribution in [0.25, 0.3) is 5.69 Å². The predicted molar refractivity (Wildman–Crippen MR) is 108 cm³/mol. The number of para-hydroxylation sites is 1. The average molecular weight is 395 g/mol. The van der Waals surface area contributed by atoms with Gasteiger partial charge in [0.2, 0.25) is 0 Å². The van der Waals surface area contributed by atoms with Crippen molar-refractivity contribution < 1.29 is 4.79 Å². The highest BCUT2D eigenvalue weighted by Crippen LogP contribution is 2.23. The number of amides is 1. The van der Waals surface area contributed by atoms with E-state index in [4.69, 9.17) is 11.6 Å². The third-order valence-corrected chi connectivity index (χ3v) is 5.14. The summed E-state index contributed by atoms with van der Waals surface area (Å²) in [6, 6.07) is 17.3. The van der Waals surface area contributed by atoms with E-state index >= 15 is 0 Å². The third-order valence-electron chi connectivity index (χ3n) is 3.97. The largest absolute Gasteiger partial charge is 0.296 e. The van der Waals surface area contributed by atoms with Gasteiger partial charge in [0.05, 0.1) is 12.5 Å². The Morgan fingerprint density at radius 3 is 2.63 bits per heavy atom. The fourth-order valence-corrected chi connectivity index (χ4v) is 3.64. The van der Waals surface area contributed by atoms with Gasteiger partial charge in [0, 0.05) is 28.2 Å². The Labute approximate surface area is 165 Å². The Balaban J connectivity index is 1.47. The van der Waals surface area contributed by atoms with Gasteiger partial charge in [-0.05, 0) is 29.8 Å². The first-order chi connectivity index (χ1) is 13.2. The van der Waals surface area contributed by atoms with Gasteiger partial charge < -0.3 is 0 Å². The molecular formula is C20H15ClN4OS. The number of carbonyl (C=O) groups excluding carboxylic acids is 1. The van der Waals surface area contributed by atoms with Crippen molar-refractivity contribution in [3.63, 3.8) is 0 Å². The van der Waals surface area contributed by atoms with Crippen LogP contribution < -0.4 is 5.32 Å². The van der Waals surface area contributed by atoms with Crippen molar-refractivity contribution in [2.24, 2.45) is 0 Å². The maximum atomic E-state index is 12.7. The molecule has 0 fully saturated rings. The van der Waals surface area contributed by atoms with Gasteiger partial charge in [0.15, 0.2) is 5.13 Å². The number of carbonyl (C=O) groups is 1. The molecule has 2 aromatic carbocycles. The number of rotatable bonds is 5. The first kappa shape index (κ1) is 17.5. The molecule has 0 aliphatic rings. The Morgan fingerprint density at radius 1 is 1.07 bits per heavy atom. The van der Waals surface area contributed by atoms with Crippen LogP contribution in [0.4, 0.5) is 5.13 Å². The summed E-state index contributed by atoms with van der Waals surface area (Å²) in [7, 11) is 0. The summed E-state index contributed by atoms with van der Waals surface area (Å²) in [6.45, 7) is 0. The van der Waals surface area contributed by atoms with E-state index < -0.39 is 0 Å². The topological polar surface area (TPSA) is 59.8 Å². The van der Waals surface area contributed by atoms with Crippen LogP contribution in [0.3, 0.4) is 0 Å². The first-order valence-electron chi connectivity index (χ1n) is 8.27. The van der Waals surface area contributed by atoms with Gasteiger partial charge in [-0.25, -0.2) is 9.97 Å². The number of nitrogens with one attached hydrogen (secondary N) is 1. The molecule has 2 heterocycles. The van der Waals surface area contributed by atoms with Crippen molar-refractivity contribution in [2.75, 3.05) is 5.32 Å². The molecule has 2 aromatic heterocycles. The molecule has 5 nitrogen and oxygen atoms in total. The highest BCUT2D eigenvalue weighted by molar-refractivity contribution is 7.15. The Hall–Kier alpha value is -2.96. The molecule has 7 heteroatoms. The monoisotopic (exact) mass is 394 g/mol. The van der Waals surface area contributed by atoms with E-state index in [0.29, 0.717) is 15.8 Å². The molecule has 1 amide bonds. The van der Waals surface area contributed by atoms with Crippen LogP contribution >= 0.6 is 22.9 Å². The SMILES string of the molecule is O=C(Nc1ncc(Cc2ccc(Cl)cc2)s1)c1cncn1-c1ccccc1. The van der Waals surface area contributed by atoms with Crippen LogP contribution in [0.15, 0.2) is 73.3 Å². The van der Waals surface area contributed by atoms with Crippen molar-refractivity contribution in [1.29, 1.82) is 0 Å². The summed E-state index contributed by atoms with van der Waals surface area (Å²) in [5.41, 5.74) is 2.47. The molecule has 4 rings (SSSR count). The number of halogens is 1. The molecular weight excluding hydrogens is 380 g/mol. The maximum absolute atomic E-state index is 12.7. The second-order valence-electron chi connectivity index (χ2n) is 5.87. The molecule has 0 radical (unpaired) electrons. The molecule has 0 saturated carbocycles. The molecule has 0 bridgehead atoms. The number of hydrogen-bond acceptors (Lipinski definition) is 4. The van der Waals surface area contributed by atoms with Crippen molar-refractivity contribution in [3.8, 4) is 5.69 Å². The van der Waals surface area contributed by atoms with E-state index in [9.17, 15) is 4.79 Å². The van der Waals surface area contributed by atoms with E-state index in [1.165, 1.54) is 11.3 Å². The molecule has 134 valence electrons. The number of hydrogen-bond donors (Lipinski definition) is 1. The van der Waals surface area contributed by atoms with Gasteiger partial charge >= 0.3 is 0 Å². The van der Waals surface area contributed by atoms with E-state index in [1.54, 1.807) is 23.3 Å². The second kappa shape index (κ2) is 7.73. The minimum atomic E-state index is -0.247.